The molecule has 0 bridgehead atoms. The van der Waals surface area contributed by atoms with Crippen molar-refractivity contribution >= 4 is 23.4 Å². The Morgan fingerprint density at radius 2 is 1.93 bits per heavy atom. The van der Waals surface area contributed by atoms with Crippen LogP contribution in [-0.2, 0) is 16.0 Å². The number of carbonyl (C=O) groups is 2. The highest BCUT2D eigenvalue weighted by atomic mass is 16.5. The third-order valence-corrected chi connectivity index (χ3v) is 4.23. The molecule has 0 radical (unpaired) electrons. The molecule has 2 rings (SSSR count). The molecular weight excluding hydrogens is 358 g/mol. The third kappa shape index (κ3) is 5.56. The predicted molar refractivity (Wildman–Crippen MR) is 106 cm³/mol. The van der Waals surface area contributed by atoms with Crippen LogP contribution in [0.2, 0.25) is 0 Å². The molecule has 2 aromatic rings. The maximum Gasteiger partial charge on any atom is 0.326 e. The number of esters is 1. The van der Waals surface area contributed by atoms with Crippen molar-refractivity contribution in [3.8, 4) is 6.07 Å². The lowest BCUT2D eigenvalue weighted by Crippen LogP contribution is -2.37. The summed E-state index contributed by atoms with van der Waals surface area (Å²) < 4.78 is 4.65. The Morgan fingerprint density at radius 3 is 2.50 bits per heavy atom. The van der Waals surface area contributed by atoms with Gasteiger partial charge in [-0.25, -0.2) is 4.79 Å². The Hall–Kier alpha value is -3.37. The number of rotatable bonds is 7. The van der Waals surface area contributed by atoms with Crippen LogP contribution in [0.1, 0.15) is 23.1 Å². The number of aryl methyl sites for hydroxylation is 2. The second-order valence-corrected chi connectivity index (χ2v) is 6.19. The predicted octanol–water partition coefficient (Wildman–Crippen LogP) is 3.00. The molecule has 146 valence electrons. The van der Waals surface area contributed by atoms with Gasteiger partial charge < -0.3 is 15.2 Å². The van der Waals surface area contributed by atoms with Crippen LogP contribution < -0.4 is 10.2 Å². The Balaban J connectivity index is 2.16. The number of nitriles is 1. The number of aliphatic hydroxyl groups excluding tert-OH is 1. The van der Waals surface area contributed by atoms with Crippen LogP contribution in [0.15, 0.2) is 42.5 Å². The summed E-state index contributed by atoms with van der Waals surface area (Å²) in [5, 5.41) is 21.0. The van der Waals surface area contributed by atoms with Crippen LogP contribution in [0.4, 0.5) is 16.2 Å². The Bertz CT molecular complexity index is 872. The quantitative estimate of drug-likeness (QED) is 0.718. The number of hydrogen-bond acceptors (Lipinski definition) is 5. The number of anilines is 2. The number of urea groups is 1. The van der Waals surface area contributed by atoms with Crippen LogP contribution in [-0.4, -0.2) is 37.4 Å². The van der Waals surface area contributed by atoms with E-state index in [-0.39, 0.29) is 31.6 Å². The minimum absolute atomic E-state index is 0.129. The van der Waals surface area contributed by atoms with E-state index >= 15 is 0 Å². The molecule has 2 aromatic carbocycles. The van der Waals surface area contributed by atoms with E-state index in [1.165, 1.54) is 12.0 Å². The molecule has 7 nitrogen and oxygen atoms in total. The average molecular weight is 381 g/mol. The van der Waals surface area contributed by atoms with Crippen molar-refractivity contribution in [1.29, 1.82) is 5.26 Å². The summed E-state index contributed by atoms with van der Waals surface area (Å²) in [6.07, 6.45) is 0.833. The number of nitrogens with zero attached hydrogens (tertiary/aromatic N) is 2. The smallest absolute Gasteiger partial charge is 0.326 e. The van der Waals surface area contributed by atoms with Crippen LogP contribution in [0.3, 0.4) is 0 Å². The number of hydrogen-bond donors (Lipinski definition) is 2. The fourth-order valence-corrected chi connectivity index (χ4v) is 2.77. The molecule has 28 heavy (non-hydrogen) atoms. The normalized spacial score (nSPS) is 10.1. The lowest BCUT2D eigenvalue weighted by atomic mass is 10.0. The molecule has 0 unspecified atom stereocenters. The number of carbonyl (C=O) groups excluding carboxylic acids is 2. The van der Waals surface area contributed by atoms with Crippen molar-refractivity contribution in [2.24, 2.45) is 0 Å². The van der Waals surface area contributed by atoms with Gasteiger partial charge >= 0.3 is 12.0 Å². The summed E-state index contributed by atoms with van der Waals surface area (Å²) in [6, 6.07) is 13.7. The molecule has 0 saturated carbocycles. The highest BCUT2D eigenvalue weighted by Gasteiger charge is 2.18. The largest absolute Gasteiger partial charge is 0.469 e. The van der Waals surface area contributed by atoms with Gasteiger partial charge in [0.1, 0.15) is 0 Å². The van der Waals surface area contributed by atoms with Crippen molar-refractivity contribution in [1.82, 2.24) is 0 Å². The first-order valence-corrected chi connectivity index (χ1v) is 8.84. The zero-order valence-corrected chi connectivity index (χ0v) is 15.9. The van der Waals surface area contributed by atoms with Crippen molar-refractivity contribution in [3.63, 3.8) is 0 Å². The molecule has 0 heterocycles. The van der Waals surface area contributed by atoms with Gasteiger partial charge in [-0.3, -0.25) is 9.69 Å². The molecule has 0 aliphatic heterocycles. The Labute approximate surface area is 164 Å². The number of ether oxygens (including phenoxy) is 1. The maximum absolute atomic E-state index is 12.7. The summed E-state index contributed by atoms with van der Waals surface area (Å²) in [7, 11) is 1.36. The fraction of sp³-hybridized carbons (Fsp3) is 0.286. The van der Waals surface area contributed by atoms with Crippen LogP contribution >= 0.6 is 0 Å². The standard InChI is InChI=1S/C21H23N3O4/c1-15-13-16(6-10-20(26)28-2)5-9-19(15)24(11-12-25)21(27)23-18-7-3-17(14-22)4-8-18/h3-5,7-9,13,25H,6,10-12H2,1-2H3,(H,23,27). The lowest BCUT2D eigenvalue weighted by Gasteiger charge is -2.24. The van der Waals surface area contributed by atoms with Gasteiger partial charge in [-0.05, 0) is 54.8 Å². The van der Waals surface area contributed by atoms with Gasteiger partial charge in [-0.2, -0.15) is 5.26 Å². The highest BCUT2D eigenvalue weighted by Crippen LogP contribution is 2.23. The monoisotopic (exact) mass is 381 g/mol. The molecule has 0 spiro atoms. The number of nitrogens with one attached hydrogen (secondary N) is 1. The van der Waals surface area contributed by atoms with Crippen molar-refractivity contribution < 1.29 is 19.4 Å². The van der Waals surface area contributed by atoms with E-state index in [2.05, 4.69) is 10.1 Å². The SMILES string of the molecule is COC(=O)CCc1ccc(N(CCO)C(=O)Nc2ccc(C#N)cc2)c(C)c1. The zero-order chi connectivity index (χ0) is 20.5. The summed E-state index contributed by atoms with van der Waals surface area (Å²) in [5.74, 6) is -0.273. The molecule has 2 N–H and O–H groups in total. The Morgan fingerprint density at radius 1 is 1.21 bits per heavy atom. The van der Waals surface area contributed by atoms with Gasteiger partial charge in [0.25, 0.3) is 0 Å². The van der Waals surface area contributed by atoms with Gasteiger partial charge in [0.2, 0.25) is 0 Å². The van der Waals surface area contributed by atoms with E-state index < -0.39 is 0 Å². The maximum atomic E-state index is 12.7. The second-order valence-electron chi connectivity index (χ2n) is 6.19. The molecule has 0 aliphatic rings. The fourth-order valence-electron chi connectivity index (χ4n) is 2.77. The number of methoxy groups -OCH3 is 1. The Kier molecular flexibility index (Phi) is 7.55. The van der Waals surface area contributed by atoms with E-state index in [1.807, 2.05) is 25.1 Å². The van der Waals surface area contributed by atoms with Gasteiger partial charge in [-0.1, -0.05) is 12.1 Å². The molecule has 0 aromatic heterocycles. The first kappa shape index (κ1) is 20.9. The highest BCUT2D eigenvalue weighted by molar-refractivity contribution is 6.02. The van der Waals surface area contributed by atoms with Gasteiger partial charge in [0.15, 0.2) is 0 Å². The van der Waals surface area contributed by atoms with Gasteiger partial charge in [-0.15, -0.1) is 0 Å². The summed E-state index contributed by atoms with van der Waals surface area (Å²) >= 11 is 0. The van der Waals surface area contributed by atoms with Crippen molar-refractivity contribution in [2.75, 3.05) is 30.5 Å². The molecule has 7 heteroatoms. The molecule has 0 atom stereocenters. The van der Waals surface area contributed by atoms with Crippen LogP contribution in [0.25, 0.3) is 0 Å². The zero-order valence-electron chi connectivity index (χ0n) is 15.9. The van der Waals surface area contributed by atoms with Gasteiger partial charge in [0, 0.05) is 17.8 Å². The lowest BCUT2D eigenvalue weighted by molar-refractivity contribution is -0.140. The minimum atomic E-state index is -0.385. The molecule has 2 amide bonds. The van der Waals surface area contributed by atoms with Gasteiger partial charge in [0.05, 0.1) is 31.9 Å². The summed E-state index contributed by atoms with van der Waals surface area (Å²) in [5.41, 5.74) is 3.54. The number of benzene rings is 2. The van der Waals surface area contributed by atoms with E-state index in [0.717, 1.165) is 11.1 Å². The molecular formula is C21H23N3O4. The summed E-state index contributed by atoms with van der Waals surface area (Å²) in [6.45, 7) is 1.81. The first-order chi connectivity index (χ1) is 13.5. The van der Waals surface area contributed by atoms with E-state index in [1.54, 1.807) is 30.3 Å². The minimum Gasteiger partial charge on any atom is -0.469 e. The van der Waals surface area contributed by atoms with Crippen molar-refractivity contribution in [2.45, 2.75) is 19.8 Å². The number of amides is 2. The first-order valence-electron chi connectivity index (χ1n) is 8.84. The van der Waals surface area contributed by atoms with E-state index in [4.69, 9.17) is 5.26 Å². The van der Waals surface area contributed by atoms with Crippen LogP contribution in [0.5, 0.6) is 0 Å². The molecule has 0 fully saturated rings. The topological polar surface area (TPSA) is 103 Å². The molecule has 0 aliphatic carbocycles. The van der Waals surface area contributed by atoms with E-state index in [0.29, 0.717) is 23.4 Å². The van der Waals surface area contributed by atoms with E-state index in [9.17, 15) is 14.7 Å². The average Bonchev–Trinajstić information content (AvgIpc) is 2.71. The number of aliphatic hydroxyl groups is 1. The third-order valence-electron chi connectivity index (χ3n) is 4.23. The summed E-state index contributed by atoms with van der Waals surface area (Å²) in [4.78, 5) is 25.5. The second kappa shape index (κ2) is 10.1. The van der Waals surface area contributed by atoms with Crippen molar-refractivity contribution in [3.05, 3.63) is 59.2 Å². The van der Waals surface area contributed by atoms with Crippen LogP contribution in [0, 0.1) is 18.3 Å². The molecule has 0 saturated heterocycles.